The maximum atomic E-state index is 10.8. The largest absolute Gasteiger partial charge is 0.463 e. The summed E-state index contributed by atoms with van der Waals surface area (Å²) < 4.78 is 11.1. The molecule has 0 bridgehead atoms. The molecule has 0 aliphatic rings. The van der Waals surface area contributed by atoms with Crippen LogP contribution in [0.1, 0.15) is 32.6 Å². The molecule has 0 saturated heterocycles. The van der Waals surface area contributed by atoms with E-state index in [4.69, 9.17) is 9.47 Å². The standard InChI is InChI=1S/C16H32NO4/c1-5-7-10-17(3,4)13-15(18)14-20-11-8-9-12-21-16(19)6-2/h6,15,18H,2,5,7-14H2,1,3-4H3/q+1. The van der Waals surface area contributed by atoms with E-state index in [1.165, 1.54) is 12.8 Å². The summed E-state index contributed by atoms with van der Waals surface area (Å²) in [6.07, 6.45) is 4.63. The van der Waals surface area contributed by atoms with Gasteiger partial charge in [0.25, 0.3) is 0 Å². The number of rotatable bonds is 13. The molecule has 0 spiro atoms. The lowest BCUT2D eigenvalue weighted by Crippen LogP contribution is -2.47. The molecule has 0 amide bonds. The number of esters is 1. The summed E-state index contributed by atoms with van der Waals surface area (Å²) in [7, 11) is 4.26. The van der Waals surface area contributed by atoms with Crippen LogP contribution in [0.2, 0.25) is 0 Å². The van der Waals surface area contributed by atoms with E-state index in [-0.39, 0.29) is 0 Å². The SMILES string of the molecule is C=CC(=O)OCCCCOCC(O)C[N+](C)(C)CCCC. The number of hydrogen-bond donors (Lipinski definition) is 1. The average Bonchev–Trinajstić information content (AvgIpc) is 2.43. The number of likely N-dealkylation sites (N-methyl/N-ethyl adjacent to an activating group) is 1. The Bertz CT molecular complexity index is 292. The van der Waals surface area contributed by atoms with Crippen molar-refractivity contribution in [3.63, 3.8) is 0 Å². The lowest BCUT2D eigenvalue weighted by molar-refractivity contribution is -0.893. The summed E-state index contributed by atoms with van der Waals surface area (Å²) in [6.45, 7) is 8.60. The maximum absolute atomic E-state index is 10.8. The molecule has 0 rings (SSSR count). The van der Waals surface area contributed by atoms with Crippen molar-refractivity contribution in [1.82, 2.24) is 0 Å². The highest BCUT2D eigenvalue weighted by Crippen LogP contribution is 2.04. The van der Waals surface area contributed by atoms with Crippen molar-refractivity contribution in [3.05, 3.63) is 12.7 Å². The van der Waals surface area contributed by atoms with Gasteiger partial charge in [0, 0.05) is 12.7 Å². The molecule has 1 N–H and O–H groups in total. The Labute approximate surface area is 129 Å². The third kappa shape index (κ3) is 12.5. The first-order chi connectivity index (χ1) is 9.91. The van der Waals surface area contributed by atoms with Crippen LogP contribution in [0.15, 0.2) is 12.7 Å². The van der Waals surface area contributed by atoms with Gasteiger partial charge in [-0.2, -0.15) is 0 Å². The number of nitrogens with zero attached hydrogens (tertiary/aromatic N) is 1. The zero-order valence-corrected chi connectivity index (χ0v) is 13.8. The van der Waals surface area contributed by atoms with Crippen molar-refractivity contribution in [3.8, 4) is 0 Å². The lowest BCUT2D eigenvalue weighted by atomic mass is 10.2. The molecule has 0 radical (unpaired) electrons. The molecule has 21 heavy (non-hydrogen) atoms. The van der Waals surface area contributed by atoms with Crippen LogP contribution in [0.3, 0.4) is 0 Å². The van der Waals surface area contributed by atoms with Crippen LogP contribution in [0, 0.1) is 0 Å². The number of aliphatic hydroxyl groups excluding tert-OH is 1. The van der Waals surface area contributed by atoms with Gasteiger partial charge in [-0.25, -0.2) is 4.79 Å². The molecule has 124 valence electrons. The van der Waals surface area contributed by atoms with Gasteiger partial charge in [-0.1, -0.05) is 19.9 Å². The second kappa shape index (κ2) is 11.7. The maximum Gasteiger partial charge on any atom is 0.330 e. The highest BCUT2D eigenvalue weighted by atomic mass is 16.5. The zero-order chi connectivity index (χ0) is 16.1. The van der Waals surface area contributed by atoms with Crippen molar-refractivity contribution in [2.24, 2.45) is 0 Å². The molecule has 0 aromatic rings. The summed E-state index contributed by atoms with van der Waals surface area (Å²) in [4.78, 5) is 10.8. The highest BCUT2D eigenvalue weighted by Gasteiger charge is 2.19. The first-order valence-corrected chi connectivity index (χ1v) is 7.78. The van der Waals surface area contributed by atoms with Gasteiger partial charge < -0.3 is 19.1 Å². The van der Waals surface area contributed by atoms with Gasteiger partial charge in [-0.15, -0.1) is 0 Å². The van der Waals surface area contributed by atoms with Gasteiger partial charge >= 0.3 is 5.97 Å². The minimum Gasteiger partial charge on any atom is -0.463 e. The Hall–Kier alpha value is -0.910. The molecule has 0 aromatic carbocycles. The molecular formula is C16H32NO4+. The molecular weight excluding hydrogens is 270 g/mol. The first kappa shape index (κ1) is 20.1. The van der Waals surface area contributed by atoms with E-state index in [9.17, 15) is 9.90 Å². The van der Waals surface area contributed by atoms with E-state index in [0.717, 1.165) is 29.9 Å². The Morgan fingerprint density at radius 1 is 1.29 bits per heavy atom. The predicted molar refractivity (Wildman–Crippen MR) is 84.0 cm³/mol. The van der Waals surface area contributed by atoms with Gasteiger partial charge in [0.2, 0.25) is 0 Å². The van der Waals surface area contributed by atoms with E-state index < -0.39 is 12.1 Å². The van der Waals surface area contributed by atoms with E-state index in [0.29, 0.717) is 26.4 Å². The smallest absolute Gasteiger partial charge is 0.330 e. The third-order valence-corrected chi connectivity index (χ3v) is 3.23. The van der Waals surface area contributed by atoms with Crippen LogP contribution in [-0.4, -0.2) is 68.7 Å². The van der Waals surface area contributed by atoms with Crippen LogP contribution < -0.4 is 0 Å². The summed E-state index contributed by atoms with van der Waals surface area (Å²) >= 11 is 0. The number of ether oxygens (including phenoxy) is 2. The molecule has 0 aliphatic heterocycles. The number of aliphatic hydroxyl groups is 1. The molecule has 0 aliphatic carbocycles. The van der Waals surface area contributed by atoms with Gasteiger partial charge in [0.15, 0.2) is 0 Å². The molecule has 0 fully saturated rings. The average molecular weight is 302 g/mol. The fraction of sp³-hybridized carbons (Fsp3) is 0.812. The van der Waals surface area contributed by atoms with Crippen molar-refractivity contribution < 1.29 is 23.9 Å². The van der Waals surface area contributed by atoms with Gasteiger partial charge in [-0.05, 0) is 19.3 Å². The fourth-order valence-electron chi connectivity index (χ4n) is 2.06. The monoisotopic (exact) mass is 302 g/mol. The van der Waals surface area contributed by atoms with Crippen LogP contribution in [0.25, 0.3) is 0 Å². The normalized spacial score (nSPS) is 13.0. The Morgan fingerprint density at radius 2 is 1.95 bits per heavy atom. The lowest BCUT2D eigenvalue weighted by Gasteiger charge is -2.31. The summed E-state index contributed by atoms with van der Waals surface area (Å²) in [5.74, 6) is -0.390. The van der Waals surface area contributed by atoms with Gasteiger partial charge in [-0.3, -0.25) is 0 Å². The Morgan fingerprint density at radius 3 is 2.57 bits per heavy atom. The molecule has 0 saturated carbocycles. The summed E-state index contributed by atoms with van der Waals surface area (Å²) in [5, 5.41) is 9.97. The summed E-state index contributed by atoms with van der Waals surface area (Å²) in [6, 6.07) is 0. The van der Waals surface area contributed by atoms with E-state index in [1.807, 2.05) is 0 Å². The van der Waals surface area contributed by atoms with Crippen LogP contribution >= 0.6 is 0 Å². The Kier molecular flexibility index (Phi) is 11.2. The second-order valence-corrected chi connectivity index (χ2v) is 6.00. The number of carbonyl (C=O) groups excluding carboxylic acids is 1. The minimum atomic E-state index is -0.435. The minimum absolute atomic E-state index is 0.361. The van der Waals surface area contributed by atoms with E-state index in [1.54, 1.807) is 0 Å². The van der Waals surface area contributed by atoms with Crippen molar-refractivity contribution in [1.29, 1.82) is 0 Å². The fourth-order valence-corrected chi connectivity index (χ4v) is 2.06. The third-order valence-electron chi connectivity index (χ3n) is 3.23. The predicted octanol–water partition coefficient (Wildman–Crippen LogP) is 1.75. The molecule has 1 atom stereocenters. The quantitative estimate of drug-likeness (QED) is 0.244. The summed E-state index contributed by atoms with van der Waals surface area (Å²) in [5.41, 5.74) is 0. The second-order valence-electron chi connectivity index (χ2n) is 6.00. The van der Waals surface area contributed by atoms with E-state index in [2.05, 4.69) is 27.6 Å². The van der Waals surface area contributed by atoms with Crippen molar-refractivity contribution in [2.45, 2.75) is 38.7 Å². The highest BCUT2D eigenvalue weighted by molar-refractivity contribution is 5.81. The van der Waals surface area contributed by atoms with Crippen molar-refractivity contribution in [2.75, 3.05) is 47.0 Å². The van der Waals surface area contributed by atoms with Crippen LogP contribution in [0.4, 0.5) is 0 Å². The number of unbranched alkanes of at least 4 members (excludes halogenated alkanes) is 2. The van der Waals surface area contributed by atoms with Crippen LogP contribution in [0.5, 0.6) is 0 Å². The molecule has 1 unspecified atom stereocenters. The molecule has 5 heteroatoms. The molecule has 0 aromatic heterocycles. The van der Waals surface area contributed by atoms with E-state index >= 15 is 0 Å². The Balaban J connectivity index is 3.55. The van der Waals surface area contributed by atoms with Crippen LogP contribution in [-0.2, 0) is 14.3 Å². The number of carbonyl (C=O) groups is 1. The number of hydrogen-bond acceptors (Lipinski definition) is 4. The number of quaternary nitrogens is 1. The van der Waals surface area contributed by atoms with Gasteiger partial charge in [0.05, 0.1) is 33.9 Å². The van der Waals surface area contributed by atoms with Crippen molar-refractivity contribution >= 4 is 5.97 Å². The van der Waals surface area contributed by atoms with Gasteiger partial charge in [0.1, 0.15) is 12.6 Å². The molecule has 5 nitrogen and oxygen atoms in total. The topological polar surface area (TPSA) is 55.8 Å². The first-order valence-electron chi connectivity index (χ1n) is 7.78. The zero-order valence-electron chi connectivity index (χ0n) is 13.8. The molecule has 0 heterocycles.